The quantitative estimate of drug-likeness (QED) is 0.466. The Labute approximate surface area is 171 Å². The van der Waals surface area contributed by atoms with Crippen LogP contribution in [0, 0.1) is 6.92 Å². The van der Waals surface area contributed by atoms with E-state index in [-0.39, 0.29) is 5.89 Å². The number of nitrogens with zero attached hydrogens (tertiary/aromatic N) is 1. The molecule has 6 nitrogen and oxygen atoms in total. The van der Waals surface area contributed by atoms with Crippen molar-refractivity contribution in [3.05, 3.63) is 57.8 Å². The number of aromatic nitrogens is 1. The maximum atomic E-state index is 12.8. The summed E-state index contributed by atoms with van der Waals surface area (Å²) in [5.74, 6) is 1.56. The van der Waals surface area contributed by atoms with Gasteiger partial charge in [-0.2, -0.15) is 0 Å². The van der Waals surface area contributed by atoms with Gasteiger partial charge in [0.25, 0.3) is 0 Å². The molecule has 148 valence electrons. The Bertz CT molecular complexity index is 1220. The van der Waals surface area contributed by atoms with Crippen molar-refractivity contribution in [1.29, 1.82) is 0 Å². The van der Waals surface area contributed by atoms with Gasteiger partial charge in [-0.25, -0.2) is 9.78 Å². The fourth-order valence-electron chi connectivity index (χ4n) is 3.15. The van der Waals surface area contributed by atoms with Crippen LogP contribution in [0.5, 0.6) is 17.2 Å². The molecule has 0 unspecified atom stereocenters. The molecule has 0 aliphatic heterocycles. The number of fused-ring (bicyclic) bond motifs is 1. The molecule has 4 rings (SSSR count). The third-order valence-electron chi connectivity index (χ3n) is 4.64. The lowest BCUT2D eigenvalue weighted by molar-refractivity contribution is 0.324. The van der Waals surface area contributed by atoms with Gasteiger partial charge in [-0.15, -0.1) is 11.3 Å². The first-order chi connectivity index (χ1) is 14.0. The van der Waals surface area contributed by atoms with Crippen LogP contribution in [0.25, 0.3) is 32.8 Å². The van der Waals surface area contributed by atoms with Gasteiger partial charge in [0.2, 0.25) is 11.6 Å². The van der Waals surface area contributed by atoms with Crippen LogP contribution >= 0.6 is 11.3 Å². The van der Waals surface area contributed by atoms with Gasteiger partial charge in [0.1, 0.15) is 10.2 Å². The van der Waals surface area contributed by atoms with E-state index >= 15 is 0 Å². The lowest BCUT2D eigenvalue weighted by Gasteiger charge is -2.13. The first-order valence-corrected chi connectivity index (χ1v) is 9.73. The van der Waals surface area contributed by atoms with Gasteiger partial charge in [-0.1, -0.05) is 29.8 Å². The molecule has 0 N–H and O–H groups in total. The van der Waals surface area contributed by atoms with E-state index in [2.05, 4.69) is 4.98 Å². The summed E-state index contributed by atoms with van der Waals surface area (Å²) in [4.78, 5) is 18.0. The highest BCUT2D eigenvalue weighted by atomic mass is 32.1. The highest BCUT2D eigenvalue weighted by Gasteiger charge is 2.19. The van der Waals surface area contributed by atoms with E-state index in [1.54, 1.807) is 12.1 Å². The maximum absolute atomic E-state index is 12.8. The molecule has 0 atom stereocenters. The molecule has 0 bridgehead atoms. The van der Waals surface area contributed by atoms with Crippen molar-refractivity contribution < 1.29 is 18.6 Å². The molecule has 2 heterocycles. The number of benzene rings is 2. The van der Waals surface area contributed by atoms with E-state index in [0.29, 0.717) is 33.0 Å². The number of hydrogen-bond acceptors (Lipinski definition) is 7. The fraction of sp³-hybridized carbons (Fsp3) is 0.182. The second-order valence-corrected chi connectivity index (χ2v) is 7.27. The van der Waals surface area contributed by atoms with Crippen LogP contribution in [0.3, 0.4) is 0 Å². The maximum Gasteiger partial charge on any atom is 0.348 e. The number of hydrogen-bond donors (Lipinski definition) is 0. The molecule has 0 amide bonds. The van der Waals surface area contributed by atoms with E-state index < -0.39 is 5.63 Å². The van der Waals surface area contributed by atoms with E-state index in [0.717, 1.165) is 16.7 Å². The summed E-state index contributed by atoms with van der Waals surface area (Å²) in [6.45, 7) is 2.02. The summed E-state index contributed by atoms with van der Waals surface area (Å²) in [7, 11) is 4.59. The summed E-state index contributed by atoms with van der Waals surface area (Å²) >= 11 is 1.41. The van der Waals surface area contributed by atoms with Gasteiger partial charge in [0.05, 0.1) is 21.3 Å². The average Bonchev–Trinajstić information content (AvgIpc) is 3.17. The zero-order valence-electron chi connectivity index (χ0n) is 16.4. The molecule has 0 spiro atoms. The SMILES string of the molecule is COc1cc(-c2nc3scc(-c4ccc(C)cc4)c3c(=O)o2)cc(OC)c1OC. The minimum Gasteiger partial charge on any atom is -0.493 e. The Morgan fingerprint density at radius 1 is 0.931 bits per heavy atom. The third kappa shape index (κ3) is 3.34. The molecular weight excluding hydrogens is 390 g/mol. The standard InChI is InChI=1S/C22H19NO5S/c1-12-5-7-13(8-6-12)15-11-29-21-18(15)22(24)28-20(23-21)14-9-16(25-2)19(27-4)17(10-14)26-3/h5-11H,1-4H3. The molecule has 0 saturated carbocycles. The Balaban J connectivity index is 1.87. The molecule has 2 aromatic heterocycles. The molecule has 0 aliphatic carbocycles. The molecule has 0 saturated heterocycles. The molecule has 29 heavy (non-hydrogen) atoms. The first-order valence-electron chi connectivity index (χ1n) is 8.85. The monoisotopic (exact) mass is 409 g/mol. The van der Waals surface area contributed by atoms with Crippen LogP contribution in [0.4, 0.5) is 0 Å². The largest absolute Gasteiger partial charge is 0.493 e. The number of ether oxygens (including phenoxy) is 3. The molecule has 0 fully saturated rings. The van der Waals surface area contributed by atoms with Crippen molar-refractivity contribution in [1.82, 2.24) is 4.98 Å². The molecular formula is C22H19NO5S. The number of thiophene rings is 1. The minimum absolute atomic E-state index is 0.194. The van der Waals surface area contributed by atoms with Crippen LogP contribution in [0.15, 0.2) is 51.0 Å². The van der Waals surface area contributed by atoms with Crippen molar-refractivity contribution in [2.75, 3.05) is 21.3 Å². The Morgan fingerprint density at radius 3 is 2.17 bits per heavy atom. The smallest absolute Gasteiger partial charge is 0.348 e. The molecule has 0 radical (unpaired) electrons. The Kier molecular flexibility index (Phi) is 4.98. The normalized spacial score (nSPS) is 10.9. The van der Waals surface area contributed by atoms with Gasteiger partial charge in [0, 0.05) is 16.5 Å². The summed E-state index contributed by atoms with van der Waals surface area (Å²) in [6, 6.07) is 11.4. The topological polar surface area (TPSA) is 70.8 Å². The number of aryl methyl sites for hydroxylation is 1. The predicted molar refractivity (Wildman–Crippen MR) is 113 cm³/mol. The minimum atomic E-state index is -0.435. The highest BCUT2D eigenvalue weighted by Crippen LogP contribution is 2.41. The van der Waals surface area contributed by atoms with Crippen molar-refractivity contribution >= 4 is 21.6 Å². The van der Waals surface area contributed by atoms with E-state index in [1.807, 2.05) is 36.6 Å². The first kappa shape index (κ1) is 19.0. The number of rotatable bonds is 5. The molecule has 4 aromatic rings. The van der Waals surface area contributed by atoms with Gasteiger partial charge in [0.15, 0.2) is 11.5 Å². The summed E-state index contributed by atoms with van der Waals surface area (Å²) in [6.07, 6.45) is 0. The average molecular weight is 409 g/mol. The van der Waals surface area contributed by atoms with Gasteiger partial charge in [-0.05, 0) is 24.6 Å². The lowest BCUT2D eigenvalue weighted by Crippen LogP contribution is -2.03. The molecule has 0 aliphatic rings. The van der Waals surface area contributed by atoms with Crippen LogP contribution in [0.1, 0.15) is 5.56 Å². The van der Waals surface area contributed by atoms with Crippen molar-refractivity contribution in [3.63, 3.8) is 0 Å². The fourth-order valence-corrected chi connectivity index (χ4v) is 4.08. The summed E-state index contributed by atoms with van der Waals surface area (Å²) in [5.41, 5.74) is 3.06. The number of methoxy groups -OCH3 is 3. The van der Waals surface area contributed by atoms with Crippen molar-refractivity contribution in [2.45, 2.75) is 6.92 Å². The van der Waals surface area contributed by atoms with Crippen molar-refractivity contribution in [2.24, 2.45) is 0 Å². The van der Waals surface area contributed by atoms with Crippen molar-refractivity contribution in [3.8, 4) is 39.8 Å². The van der Waals surface area contributed by atoms with Gasteiger partial charge < -0.3 is 18.6 Å². The van der Waals surface area contributed by atoms with Crippen LogP contribution in [-0.4, -0.2) is 26.3 Å². The third-order valence-corrected chi connectivity index (χ3v) is 5.51. The zero-order valence-corrected chi connectivity index (χ0v) is 17.3. The summed E-state index contributed by atoms with van der Waals surface area (Å²) < 4.78 is 21.7. The highest BCUT2D eigenvalue weighted by molar-refractivity contribution is 7.17. The van der Waals surface area contributed by atoms with Crippen LogP contribution in [-0.2, 0) is 0 Å². The Morgan fingerprint density at radius 2 is 1.59 bits per heavy atom. The predicted octanol–water partition coefficient (Wildman–Crippen LogP) is 4.92. The second kappa shape index (κ2) is 7.60. The van der Waals surface area contributed by atoms with E-state index in [9.17, 15) is 4.79 Å². The van der Waals surface area contributed by atoms with Crippen LogP contribution in [0.2, 0.25) is 0 Å². The van der Waals surface area contributed by atoms with Gasteiger partial charge >= 0.3 is 5.63 Å². The second-order valence-electron chi connectivity index (χ2n) is 6.42. The van der Waals surface area contributed by atoms with E-state index in [1.165, 1.54) is 32.7 Å². The molecule has 7 heteroatoms. The van der Waals surface area contributed by atoms with Gasteiger partial charge in [-0.3, -0.25) is 0 Å². The van der Waals surface area contributed by atoms with E-state index in [4.69, 9.17) is 18.6 Å². The van der Waals surface area contributed by atoms with Crippen LogP contribution < -0.4 is 19.8 Å². The molecule has 2 aromatic carbocycles. The summed E-state index contributed by atoms with van der Waals surface area (Å²) in [5, 5.41) is 2.41. The Hall–Kier alpha value is -3.32. The zero-order chi connectivity index (χ0) is 20.5. The lowest BCUT2D eigenvalue weighted by atomic mass is 10.1.